The maximum absolute atomic E-state index is 12.6. The van der Waals surface area contributed by atoms with E-state index in [1.54, 1.807) is 4.90 Å². The van der Waals surface area contributed by atoms with Gasteiger partial charge in [-0.05, 0) is 25.5 Å². The molecule has 1 unspecified atom stereocenters. The quantitative estimate of drug-likeness (QED) is 0.797. The van der Waals surface area contributed by atoms with Crippen molar-refractivity contribution in [2.24, 2.45) is 0 Å². The van der Waals surface area contributed by atoms with Crippen molar-refractivity contribution in [2.45, 2.75) is 25.1 Å². The number of carbonyl (C=O) groups is 1. The Hall–Kier alpha value is -1.42. The van der Waals surface area contributed by atoms with Crippen molar-refractivity contribution in [1.82, 2.24) is 9.88 Å². The number of para-hydroxylation sites is 1. The van der Waals surface area contributed by atoms with E-state index in [-0.39, 0.29) is 5.91 Å². The molecule has 0 bridgehead atoms. The van der Waals surface area contributed by atoms with E-state index in [1.807, 2.05) is 44.3 Å². The fourth-order valence-corrected chi connectivity index (χ4v) is 2.37. The van der Waals surface area contributed by atoms with Crippen LogP contribution in [0.2, 0.25) is 0 Å². The second kappa shape index (κ2) is 6.35. The summed E-state index contributed by atoms with van der Waals surface area (Å²) in [5.41, 5.74) is 2.48. The normalized spacial score (nSPS) is 12.4. The Balaban J connectivity index is 2.34. The lowest BCUT2D eigenvalue weighted by Crippen LogP contribution is -2.29. The van der Waals surface area contributed by atoms with Crippen LogP contribution in [-0.4, -0.2) is 34.2 Å². The first-order valence-corrected chi connectivity index (χ1v) is 7.66. The van der Waals surface area contributed by atoms with Crippen molar-refractivity contribution in [1.29, 1.82) is 0 Å². The molecule has 0 saturated carbocycles. The summed E-state index contributed by atoms with van der Waals surface area (Å²) in [7, 11) is 1.85. The highest BCUT2D eigenvalue weighted by molar-refractivity contribution is 9.09. The zero-order chi connectivity index (χ0) is 14.7. The summed E-state index contributed by atoms with van der Waals surface area (Å²) in [6.07, 6.45) is 0.935. The predicted molar refractivity (Wildman–Crippen MR) is 86.4 cm³/mol. The highest BCUT2D eigenvalue weighted by Gasteiger charge is 2.16. The van der Waals surface area contributed by atoms with Gasteiger partial charge in [0.15, 0.2) is 0 Å². The van der Waals surface area contributed by atoms with Gasteiger partial charge in [0.05, 0.1) is 11.1 Å². The standard InChI is InChI=1S/C16H19BrN2O/c1-11(17)8-9-19(3)16(20)14-10-12(2)18-15-7-5-4-6-13(14)15/h4-7,10-11H,8-9H2,1-3H3. The molecule has 2 rings (SSSR count). The van der Waals surface area contributed by atoms with Crippen LogP contribution in [0.4, 0.5) is 0 Å². The van der Waals surface area contributed by atoms with Crippen molar-refractivity contribution in [3.63, 3.8) is 0 Å². The van der Waals surface area contributed by atoms with Crippen LogP contribution in [0.25, 0.3) is 10.9 Å². The highest BCUT2D eigenvalue weighted by atomic mass is 79.9. The fourth-order valence-electron chi connectivity index (χ4n) is 2.16. The Morgan fingerprint density at radius 2 is 2.10 bits per heavy atom. The number of hydrogen-bond acceptors (Lipinski definition) is 2. The van der Waals surface area contributed by atoms with Gasteiger partial charge in [0.1, 0.15) is 0 Å². The van der Waals surface area contributed by atoms with Crippen LogP contribution in [0.5, 0.6) is 0 Å². The van der Waals surface area contributed by atoms with Gasteiger partial charge in [-0.1, -0.05) is 41.1 Å². The minimum Gasteiger partial charge on any atom is -0.342 e. The number of rotatable bonds is 4. The Bertz CT molecular complexity index is 625. The van der Waals surface area contributed by atoms with E-state index in [4.69, 9.17) is 0 Å². The molecule has 1 atom stereocenters. The van der Waals surface area contributed by atoms with Crippen molar-refractivity contribution < 1.29 is 4.79 Å². The van der Waals surface area contributed by atoms with Crippen molar-refractivity contribution >= 4 is 32.7 Å². The number of halogens is 1. The first-order chi connectivity index (χ1) is 9.49. The molecule has 1 amide bonds. The minimum absolute atomic E-state index is 0.0554. The minimum atomic E-state index is 0.0554. The van der Waals surface area contributed by atoms with E-state index < -0.39 is 0 Å². The highest BCUT2D eigenvalue weighted by Crippen LogP contribution is 2.19. The number of aryl methyl sites for hydroxylation is 1. The molecule has 0 aliphatic carbocycles. The van der Waals surface area contributed by atoms with Gasteiger partial charge in [0.25, 0.3) is 5.91 Å². The first-order valence-electron chi connectivity index (χ1n) is 6.75. The zero-order valence-electron chi connectivity index (χ0n) is 12.1. The van der Waals surface area contributed by atoms with E-state index in [9.17, 15) is 4.79 Å². The lowest BCUT2D eigenvalue weighted by atomic mass is 10.1. The van der Waals surface area contributed by atoms with Gasteiger partial charge in [0, 0.05) is 29.5 Å². The van der Waals surface area contributed by atoms with E-state index in [0.29, 0.717) is 4.83 Å². The topological polar surface area (TPSA) is 33.2 Å². The number of alkyl halides is 1. The van der Waals surface area contributed by atoms with Crippen molar-refractivity contribution in [3.05, 3.63) is 41.6 Å². The summed E-state index contributed by atoms with van der Waals surface area (Å²) >= 11 is 3.51. The number of carbonyl (C=O) groups excluding carboxylic acids is 1. The maximum atomic E-state index is 12.6. The van der Waals surface area contributed by atoms with Gasteiger partial charge in [-0.15, -0.1) is 0 Å². The smallest absolute Gasteiger partial charge is 0.254 e. The Morgan fingerprint density at radius 1 is 1.40 bits per heavy atom. The van der Waals surface area contributed by atoms with Gasteiger partial charge >= 0.3 is 0 Å². The van der Waals surface area contributed by atoms with Crippen LogP contribution in [0.15, 0.2) is 30.3 Å². The lowest BCUT2D eigenvalue weighted by molar-refractivity contribution is 0.0796. The molecule has 0 aliphatic rings. The summed E-state index contributed by atoms with van der Waals surface area (Å²) < 4.78 is 0. The third-order valence-electron chi connectivity index (χ3n) is 3.28. The Morgan fingerprint density at radius 3 is 2.80 bits per heavy atom. The van der Waals surface area contributed by atoms with Gasteiger partial charge in [-0.3, -0.25) is 9.78 Å². The number of amides is 1. The number of fused-ring (bicyclic) bond motifs is 1. The largest absolute Gasteiger partial charge is 0.342 e. The average Bonchev–Trinajstić information content (AvgIpc) is 2.42. The summed E-state index contributed by atoms with van der Waals surface area (Å²) in [5, 5.41) is 0.918. The number of pyridine rings is 1. The molecular formula is C16H19BrN2O. The maximum Gasteiger partial charge on any atom is 0.254 e. The summed E-state index contributed by atoms with van der Waals surface area (Å²) in [6, 6.07) is 9.66. The average molecular weight is 335 g/mol. The third kappa shape index (κ3) is 3.37. The number of nitrogens with zero attached hydrogens (tertiary/aromatic N) is 2. The molecule has 20 heavy (non-hydrogen) atoms. The van der Waals surface area contributed by atoms with E-state index in [1.165, 1.54) is 0 Å². The van der Waals surface area contributed by atoms with Crippen LogP contribution in [0.3, 0.4) is 0 Å². The van der Waals surface area contributed by atoms with Gasteiger partial charge in [0.2, 0.25) is 0 Å². The molecule has 1 aromatic carbocycles. The molecule has 0 fully saturated rings. The SMILES string of the molecule is Cc1cc(C(=O)N(C)CCC(C)Br)c2ccccc2n1. The molecule has 4 heteroatoms. The molecule has 1 aromatic heterocycles. The number of benzene rings is 1. The molecule has 0 spiro atoms. The second-order valence-corrected chi connectivity index (χ2v) is 6.69. The van der Waals surface area contributed by atoms with E-state index >= 15 is 0 Å². The summed E-state index contributed by atoms with van der Waals surface area (Å²) in [4.78, 5) is 19.3. The van der Waals surface area contributed by atoms with Crippen LogP contribution in [0, 0.1) is 6.92 Å². The van der Waals surface area contributed by atoms with Crippen LogP contribution < -0.4 is 0 Å². The number of aromatic nitrogens is 1. The zero-order valence-corrected chi connectivity index (χ0v) is 13.6. The predicted octanol–water partition coefficient (Wildman–Crippen LogP) is 3.79. The molecule has 0 N–H and O–H groups in total. The molecule has 0 radical (unpaired) electrons. The Labute approximate surface area is 128 Å². The van der Waals surface area contributed by atoms with Crippen LogP contribution >= 0.6 is 15.9 Å². The van der Waals surface area contributed by atoms with Gasteiger partial charge in [-0.2, -0.15) is 0 Å². The van der Waals surface area contributed by atoms with Crippen LogP contribution in [-0.2, 0) is 0 Å². The molecule has 106 valence electrons. The summed E-state index contributed by atoms with van der Waals surface area (Å²) in [6.45, 7) is 4.75. The molecule has 0 aliphatic heterocycles. The summed E-state index contributed by atoms with van der Waals surface area (Å²) in [5.74, 6) is 0.0554. The molecule has 3 nitrogen and oxygen atoms in total. The molecular weight excluding hydrogens is 316 g/mol. The van der Waals surface area contributed by atoms with Crippen LogP contribution in [0.1, 0.15) is 29.4 Å². The molecule has 0 saturated heterocycles. The van der Waals surface area contributed by atoms with Gasteiger partial charge in [-0.25, -0.2) is 0 Å². The number of hydrogen-bond donors (Lipinski definition) is 0. The fraction of sp³-hybridized carbons (Fsp3) is 0.375. The third-order valence-corrected chi connectivity index (χ3v) is 3.74. The second-order valence-electron chi connectivity index (χ2n) is 5.12. The Kier molecular flexibility index (Phi) is 4.76. The van der Waals surface area contributed by atoms with Crippen molar-refractivity contribution in [3.8, 4) is 0 Å². The van der Waals surface area contributed by atoms with E-state index in [0.717, 1.165) is 35.1 Å². The van der Waals surface area contributed by atoms with Crippen molar-refractivity contribution in [2.75, 3.05) is 13.6 Å². The first kappa shape index (κ1) is 15.0. The van der Waals surface area contributed by atoms with Gasteiger partial charge < -0.3 is 4.90 Å². The molecule has 1 heterocycles. The molecule has 2 aromatic rings. The van der Waals surface area contributed by atoms with E-state index in [2.05, 4.69) is 27.8 Å². The lowest BCUT2D eigenvalue weighted by Gasteiger charge is -2.19. The monoisotopic (exact) mass is 334 g/mol.